The molecular weight excluding hydrogens is 206 g/mol. The second-order valence-electron chi connectivity index (χ2n) is 4.99. The zero-order chi connectivity index (χ0) is 12.0. The number of hydrogen-bond donors (Lipinski definition) is 2. The van der Waals surface area contributed by atoms with Crippen LogP contribution in [0.4, 0.5) is 0 Å². The summed E-state index contributed by atoms with van der Waals surface area (Å²) in [6, 6.07) is 0. The fraction of sp³-hybridized carbons (Fsp3) is 0.917. The van der Waals surface area contributed by atoms with Gasteiger partial charge < -0.3 is 15.1 Å². The normalized spacial score (nSPS) is 24.2. The first-order valence-electron chi connectivity index (χ1n) is 6.16. The first kappa shape index (κ1) is 13.5. The Morgan fingerprint density at radius 1 is 1.56 bits per heavy atom. The summed E-state index contributed by atoms with van der Waals surface area (Å²) in [4.78, 5) is 12.9. The molecule has 94 valence electrons. The van der Waals surface area contributed by atoms with Crippen molar-refractivity contribution in [3.05, 3.63) is 0 Å². The van der Waals surface area contributed by atoms with Gasteiger partial charge >= 0.3 is 5.97 Å². The van der Waals surface area contributed by atoms with Crippen molar-refractivity contribution in [2.75, 3.05) is 26.2 Å². The predicted octanol–water partition coefficient (Wildman–Crippen LogP) is 1.19. The van der Waals surface area contributed by atoms with E-state index in [2.05, 4.69) is 4.90 Å². The van der Waals surface area contributed by atoms with Gasteiger partial charge in [0.2, 0.25) is 0 Å². The third-order valence-corrected chi connectivity index (χ3v) is 3.25. The van der Waals surface area contributed by atoms with Gasteiger partial charge in [-0.1, -0.05) is 6.92 Å². The van der Waals surface area contributed by atoms with Crippen molar-refractivity contribution in [1.29, 1.82) is 0 Å². The van der Waals surface area contributed by atoms with Crippen LogP contribution in [0.5, 0.6) is 0 Å². The number of carboxylic acids is 1. The zero-order valence-electron chi connectivity index (χ0n) is 10.1. The summed E-state index contributed by atoms with van der Waals surface area (Å²) in [6.45, 7) is 5.29. The molecule has 2 N–H and O–H groups in total. The van der Waals surface area contributed by atoms with E-state index in [9.17, 15) is 4.79 Å². The minimum Gasteiger partial charge on any atom is -0.481 e. The molecule has 1 aliphatic rings. The van der Waals surface area contributed by atoms with Gasteiger partial charge in [0, 0.05) is 26.1 Å². The van der Waals surface area contributed by atoms with Crippen molar-refractivity contribution in [2.24, 2.45) is 11.8 Å². The smallest absolute Gasteiger partial charge is 0.303 e. The molecule has 0 bridgehead atoms. The summed E-state index contributed by atoms with van der Waals surface area (Å²) in [5, 5.41) is 17.6. The van der Waals surface area contributed by atoms with Crippen molar-refractivity contribution >= 4 is 5.97 Å². The van der Waals surface area contributed by atoms with E-state index in [4.69, 9.17) is 10.2 Å². The van der Waals surface area contributed by atoms with Gasteiger partial charge in [-0.2, -0.15) is 0 Å². The maximum atomic E-state index is 10.5. The lowest BCUT2D eigenvalue weighted by atomic mass is 9.93. The lowest BCUT2D eigenvalue weighted by molar-refractivity contribution is -0.137. The highest BCUT2D eigenvalue weighted by atomic mass is 16.4. The molecule has 4 heteroatoms. The quantitative estimate of drug-likeness (QED) is 0.718. The van der Waals surface area contributed by atoms with Gasteiger partial charge in [0.25, 0.3) is 0 Å². The lowest BCUT2D eigenvalue weighted by Gasteiger charge is -2.33. The van der Waals surface area contributed by atoms with Crippen LogP contribution in [0.25, 0.3) is 0 Å². The molecule has 0 aromatic heterocycles. The molecule has 4 nitrogen and oxygen atoms in total. The van der Waals surface area contributed by atoms with E-state index in [1.807, 2.05) is 6.92 Å². The summed E-state index contributed by atoms with van der Waals surface area (Å²) in [5.41, 5.74) is 0. The lowest BCUT2D eigenvalue weighted by Crippen LogP contribution is -2.38. The first-order chi connectivity index (χ1) is 7.61. The zero-order valence-corrected chi connectivity index (χ0v) is 10.1. The minimum atomic E-state index is -0.694. The number of aliphatic hydroxyl groups is 1. The van der Waals surface area contributed by atoms with Crippen LogP contribution < -0.4 is 0 Å². The third-order valence-electron chi connectivity index (χ3n) is 3.25. The minimum absolute atomic E-state index is 0.232. The Balaban J connectivity index is 2.26. The maximum absolute atomic E-state index is 10.5. The predicted molar refractivity (Wildman–Crippen MR) is 62.3 cm³/mol. The largest absolute Gasteiger partial charge is 0.481 e. The molecule has 0 saturated carbocycles. The Kier molecular flexibility index (Phi) is 5.77. The van der Waals surface area contributed by atoms with Crippen LogP contribution in [-0.2, 0) is 4.79 Å². The summed E-state index contributed by atoms with van der Waals surface area (Å²) < 4.78 is 0. The Bertz CT molecular complexity index is 220. The molecule has 0 aromatic carbocycles. The van der Waals surface area contributed by atoms with Crippen molar-refractivity contribution in [3.8, 4) is 0 Å². The van der Waals surface area contributed by atoms with Gasteiger partial charge in [0.15, 0.2) is 0 Å². The number of piperidine rings is 1. The van der Waals surface area contributed by atoms with E-state index in [1.165, 1.54) is 0 Å². The van der Waals surface area contributed by atoms with E-state index < -0.39 is 5.97 Å². The number of nitrogens with zero attached hydrogens (tertiary/aromatic N) is 1. The summed E-state index contributed by atoms with van der Waals surface area (Å²) in [7, 11) is 0. The van der Waals surface area contributed by atoms with E-state index >= 15 is 0 Å². The van der Waals surface area contributed by atoms with Gasteiger partial charge in [-0.3, -0.25) is 4.79 Å². The average Bonchev–Trinajstić information content (AvgIpc) is 2.26. The molecular formula is C12H23NO3. The Morgan fingerprint density at radius 3 is 2.94 bits per heavy atom. The number of aliphatic carboxylic acids is 1. The first-order valence-corrected chi connectivity index (χ1v) is 6.16. The highest BCUT2D eigenvalue weighted by Crippen LogP contribution is 2.21. The molecule has 0 aromatic rings. The van der Waals surface area contributed by atoms with Crippen LogP contribution in [0.15, 0.2) is 0 Å². The molecule has 1 fully saturated rings. The van der Waals surface area contributed by atoms with Crippen molar-refractivity contribution in [1.82, 2.24) is 4.90 Å². The second kappa shape index (κ2) is 6.86. The number of carboxylic acid groups (broad SMARTS) is 1. The van der Waals surface area contributed by atoms with Crippen LogP contribution >= 0.6 is 0 Å². The average molecular weight is 229 g/mol. The molecule has 1 saturated heterocycles. The molecule has 0 spiro atoms. The van der Waals surface area contributed by atoms with Crippen LogP contribution in [0.3, 0.4) is 0 Å². The van der Waals surface area contributed by atoms with Gasteiger partial charge in [-0.05, 0) is 37.6 Å². The number of rotatable bonds is 6. The standard InChI is InChI=1S/C12H23NO3/c1-10(9-14)7-13-6-2-3-11(8-13)4-5-12(15)16/h10-11,14H,2-9H2,1H3,(H,15,16). The molecule has 2 atom stereocenters. The molecule has 1 rings (SSSR count). The Morgan fingerprint density at radius 2 is 2.31 bits per heavy atom. The van der Waals surface area contributed by atoms with E-state index in [1.54, 1.807) is 0 Å². The Hall–Kier alpha value is -0.610. The number of hydrogen-bond acceptors (Lipinski definition) is 3. The highest BCUT2D eigenvalue weighted by molar-refractivity contribution is 5.66. The van der Waals surface area contributed by atoms with E-state index in [0.717, 1.165) is 38.9 Å². The SMILES string of the molecule is CC(CO)CN1CCCC(CCC(=O)O)C1. The molecule has 2 unspecified atom stereocenters. The summed E-state index contributed by atoms with van der Waals surface area (Å²) >= 11 is 0. The maximum Gasteiger partial charge on any atom is 0.303 e. The Labute approximate surface area is 97.3 Å². The fourth-order valence-corrected chi connectivity index (χ4v) is 2.38. The molecule has 0 aliphatic carbocycles. The van der Waals surface area contributed by atoms with Crippen molar-refractivity contribution in [3.63, 3.8) is 0 Å². The molecule has 0 amide bonds. The monoisotopic (exact) mass is 229 g/mol. The summed E-state index contributed by atoms with van der Waals surface area (Å²) in [5.74, 6) is 0.148. The second-order valence-corrected chi connectivity index (χ2v) is 4.99. The number of likely N-dealkylation sites (tertiary alicyclic amines) is 1. The fourth-order valence-electron chi connectivity index (χ4n) is 2.38. The van der Waals surface area contributed by atoms with E-state index in [0.29, 0.717) is 11.8 Å². The highest BCUT2D eigenvalue weighted by Gasteiger charge is 2.21. The van der Waals surface area contributed by atoms with Gasteiger partial charge in [0.05, 0.1) is 0 Å². The topological polar surface area (TPSA) is 60.8 Å². The van der Waals surface area contributed by atoms with Crippen molar-refractivity contribution in [2.45, 2.75) is 32.6 Å². The molecule has 1 aliphatic heterocycles. The molecule has 0 radical (unpaired) electrons. The summed E-state index contributed by atoms with van der Waals surface area (Å²) in [6.07, 6.45) is 3.38. The van der Waals surface area contributed by atoms with Crippen molar-refractivity contribution < 1.29 is 15.0 Å². The number of aliphatic hydroxyl groups excluding tert-OH is 1. The van der Waals surface area contributed by atoms with Crippen LogP contribution in [0.2, 0.25) is 0 Å². The van der Waals surface area contributed by atoms with Crippen LogP contribution in [-0.4, -0.2) is 47.3 Å². The van der Waals surface area contributed by atoms with E-state index in [-0.39, 0.29) is 13.0 Å². The third kappa shape index (κ3) is 4.94. The van der Waals surface area contributed by atoms with Gasteiger partial charge in [0.1, 0.15) is 0 Å². The van der Waals surface area contributed by atoms with Crippen LogP contribution in [0.1, 0.15) is 32.6 Å². The van der Waals surface area contributed by atoms with Gasteiger partial charge in [-0.15, -0.1) is 0 Å². The molecule has 16 heavy (non-hydrogen) atoms. The van der Waals surface area contributed by atoms with Crippen LogP contribution in [0, 0.1) is 11.8 Å². The van der Waals surface area contributed by atoms with Gasteiger partial charge in [-0.25, -0.2) is 0 Å². The number of carbonyl (C=O) groups is 1. The molecule has 1 heterocycles.